The Morgan fingerprint density at radius 3 is 2.43 bits per heavy atom. The number of aliphatic hydroxyl groups is 1. The summed E-state index contributed by atoms with van der Waals surface area (Å²) in [5.74, 6) is 0.323. The van der Waals surface area contributed by atoms with Gasteiger partial charge in [0.15, 0.2) is 0 Å². The molecular weight excluding hydrogens is 176 g/mol. The Kier molecular flexibility index (Phi) is 2.04. The van der Waals surface area contributed by atoms with E-state index in [1.54, 1.807) is 13.0 Å². The van der Waals surface area contributed by atoms with Crippen LogP contribution in [0.3, 0.4) is 0 Å². The maximum Gasteiger partial charge on any atom is 0.119 e. The molecule has 0 bridgehead atoms. The van der Waals surface area contributed by atoms with Gasteiger partial charge in [0.2, 0.25) is 0 Å². The second kappa shape index (κ2) is 2.99. The number of aromatic hydroxyl groups is 1. The maximum atomic E-state index is 9.80. The Balaban J connectivity index is 2.42. The molecule has 0 aromatic heterocycles. The van der Waals surface area contributed by atoms with Gasteiger partial charge in [0, 0.05) is 11.0 Å². The van der Waals surface area contributed by atoms with Crippen molar-refractivity contribution in [2.45, 2.75) is 38.2 Å². The lowest BCUT2D eigenvalue weighted by Crippen LogP contribution is -2.22. The largest absolute Gasteiger partial charge is 0.508 e. The van der Waals surface area contributed by atoms with Crippen LogP contribution in [0.15, 0.2) is 18.2 Å². The van der Waals surface area contributed by atoms with E-state index in [1.807, 2.05) is 19.1 Å². The quantitative estimate of drug-likeness (QED) is 0.753. The average molecular weight is 192 g/mol. The summed E-state index contributed by atoms with van der Waals surface area (Å²) in [5, 5.41) is 19.5. The van der Waals surface area contributed by atoms with Crippen LogP contribution in [0, 0.1) is 6.92 Å². The van der Waals surface area contributed by atoms with Crippen molar-refractivity contribution in [3.8, 4) is 5.75 Å². The van der Waals surface area contributed by atoms with Crippen molar-refractivity contribution in [1.82, 2.24) is 0 Å². The number of phenolic OH excluding ortho intramolecular Hbond substituents is 1. The van der Waals surface area contributed by atoms with Gasteiger partial charge in [-0.05, 0) is 38.3 Å². The van der Waals surface area contributed by atoms with E-state index >= 15 is 0 Å². The molecule has 1 atom stereocenters. The van der Waals surface area contributed by atoms with Crippen LogP contribution in [-0.4, -0.2) is 16.3 Å². The van der Waals surface area contributed by atoms with Gasteiger partial charge in [-0.15, -0.1) is 0 Å². The van der Waals surface area contributed by atoms with Gasteiger partial charge in [0.1, 0.15) is 5.75 Å². The third-order valence-corrected chi connectivity index (χ3v) is 3.28. The van der Waals surface area contributed by atoms with Gasteiger partial charge in [-0.2, -0.15) is 0 Å². The van der Waals surface area contributed by atoms with Crippen molar-refractivity contribution in [2.24, 2.45) is 0 Å². The topological polar surface area (TPSA) is 40.5 Å². The molecule has 0 saturated heterocycles. The van der Waals surface area contributed by atoms with E-state index < -0.39 is 0 Å². The first-order valence-corrected chi connectivity index (χ1v) is 5.04. The minimum Gasteiger partial charge on any atom is -0.508 e. The molecule has 1 unspecified atom stereocenters. The molecule has 14 heavy (non-hydrogen) atoms. The van der Waals surface area contributed by atoms with Crippen LogP contribution in [0.4, 0.5) is 0 Å². The van der Waals surface area contributed by atoms with Crippen molar-refractivity contribution in [2.75, 3.05) is 0 Å². The number of hydrogen-bond acceptors (Lipinski definition) is 2. The molecule has 1 aliphatic rings. The van der Waals surface area contributed by atoms with E-state index in [0.717, 1.165) is 24.0 Å². The Hall–Kier alpha value is -1.02. The van der Waals surface area contributed by atoms with E-state index in [0.29, 0.717) is 5.75 Å². The molecule has 0 spiro atoms. The first-order valence-electron chi connectivity index (χ1n) is 5.04. The second-order valence-electron chi connectivity index (χ2n) is 4.35. The molecule has 0 amide bonds. The predicted octanol–water partition coefficient (Wildman–Crippen LogP) is 2.11. The molecule has 1 saturated carbocycles. The highest BCUT2D eigenvalue weighted by Gasteiger charge is 2.49. The molecule has 1 aromatic carbocycles. The third kappa shape index (κ3) is 1.30. The second-order valence-corrected chi connectivity index (χ2v) is 4.35. The summed E-state index contributed by atoms with van der Waals surface area (Å²) in [5.41, 5.74) is 1.78. The molecule has 0 aliphatic heterocycles. The number of aliphatic hydroxyl groups excluding tert-OH is 1. The van der Waals surface area contributed by atoms with Gasteiger partial charge < -0.3 is 10.2 Å². The van der Waals surface area contributed by atoms with Crippen LogP contribution in [0.2, 0.25) is 0 Å². The molecule has 2 heteroatoms. The summed E-state index contributed by atoms with van der Waals surface area (Å²) in [4.78, 5) is 0. The molecule has 0 radical (unpaired) electrons. The third-order valence-electron chi connectivity index (χ3n) is 3.28. The van der Waals surface area contributed by atoms with Crippen molar-refractivity contribution in [3.05, 3.63) is 29.3 Å². The molecule has 2 rings (SSSR count). The fourth-order valence-corrected chi connectivity index (χ4v) is 2.11. The molecule has 76 valence electrons. The Bertz CT molecular complexity index is 351. The monoisotopic (exact) mass is 192 g/mol. The van der Waals surface area contributed by atoms with Crippen LogP contribution in [0.25, 0.3) is 0 Å². The highest BCUT2D eigenvalue weighted by molar-refractivity contribution is 5.45. The molecule has 1 aliphatic carbocycles. The number of aryl methyl sites for hydroxylation is 1. The van der Waals surface area contributed by atoms with E-state index in [-0.39, 0.29) is 11.5 Å². The minimum absolute atomic E-state index is 0.169. The van der Waals surface area contributed by atoms with Gasteiger partial charge in [-0.1, -0.05) is 12.1 Å². The number of benzene rings is 1. The molecular formula is C12H16O2. The van der Waals surface area contributed by atoms with Gasteiger partial charge in [0.05, 0.1) is 6.10 Å². The Labute approximate surface area is 84.2 Å². The van der Waals surface area contributed by atoms with Crippen molar-refractivity contribution < 1.29 is 10.2 Å². The van der Waals surface area contributed by atoms with E-state index in [1.165, 1.54) is 0 Å². The van der Waals surface area contributed by atoms with Crippen LogP contribution >= 0.6 is 0 Å². The van der Waals surface area contributed by atoms with Crippen LogP contribution in [-0.2, 0) is 5.41 Å². The summed E-state index contributed by atoms with van der Waals surface area (Å²) in [6, 6.07) is 5.68. The predicted molar refractivity (Wildman–Crippen MR) is 55.4 cm³/mol. The SMILES string of the molecule is Cc1ccc(C2(C(C)O)CC2)c(O)c1. The number of hydrogen-bond donors (Lipinski definition) is 2. The summed E-state index contributed by atoms with van der Waals surface area (Å²) in [7, 11) is 0. The van der Waals surface area contributed by atoms with Crippen molar-refractivity contribution in [1.29, 1.82) is 0 Å². The molecule has 1 fully saturated rings. The summed E-state index contributed by atoms with van der Waals surface area (Å²) < 4.78 is 0. The smallest absolute Gasteiger partial charge is 0.119 e. The zero-order valence-electron chi connectivity index (χ0n) is 8.62. The van der Waals surface area contributed by atoms with Crippen molar-refractivity contribution >= 4 is 0 Å². The fourth-order valence-electron chi connectivity index (χ4n) is 2.11. The molecule has 2 N–H and O–H groups in total. The van der Waals surface area contributed by atoms with Gasteiger partial charge in [-0.3, -0.25) is 0 Å². The minimum atomic E-state index is -0.379. The first-order chi connectivity index (χ1) is 6.56. The number of phenols is 1. The van der Waals surface area contributed by atoms with Crippen molar-refractivity contribution in [3.63, 3.8) is 0 Å². The lowest BCUT2D eigenvalue weighted by Gasteiger charge is -2.20. The van der Waals surface area contributed by atoms with Gasteiger partial charge >= 0.3 is 0 Å². The Morgan fingerprint density at radius 2 is 2.00 bits per heavy atom. The number of rotatable bonds is 2. The first kappa shape index (κ1) is 9.53. The molecule has 0 heterocycles. The standard InChI is InChI=1S/C12H16O2/c1-8-3-4-10(11(14)7-8)12(5-6-12)9(2)13/h3-4,7,9,13-14H,5-6H2,1-2H3. The summed E-state index contributed by atoms with van der Waals surface area (Å²) in [6.07, 6.45) is 1.57. The van der Waals surface area contributed by atoms with Gasteiger partial charge in [0.25, 0.3) is 0 Å². The van der Waals surface area contributed by atoms with E-state index in [9.17, 15) is 10.2 Å². The zero-order chi connectivity index (χ0) is 10.3. The molecule has 2 nitrogen and oxygen atoms in total. The summed E-state index contributed by atoms with van der Waals surface area (Å²) >= 11 is 0. The molecule has 1 aromatic rings. The van der Waals surface area contributed by atoms with Crippen LogP contribution in [0.5, 0.6) is 5.75 Å². The Morgan fingerprint density at radius 1 is 1.36 bits per heavy atom. The normalized spacial score (nSPS) is 20.5. The fraction of sp³-hybridized carbons (Fsp3) is 0.500. The zero-order valence-corrected chi connectivity index (χ0v) is 8.62. The average Bonchev–Trinajstić information content (AvgIpc) is 2.84. The van der Waals surface area contributed by atoms with Crippen LogP contribution < -0.4 is 0 Å². The van der Waals surface area contributed by atoms with E-state index in [2.05, 4.69) is 0 Å². The van der Waals surface area contributed by atoms with E-state index in [4.69, 9.17) is 0 Å². The highest BCUT2D eigenvalue weighted by atomic mass is 16.3. The lowest BCUT2D eigenvalue weighted by molar-refractivity contribution is 0.149. The van der Waals surface area contributed by atoms with Gasteiger partial charge in [-0.25, -0.2) is 0 Å². The highest BCUT2D eigenvalue weighted by Crippen LogP contribution is 2.53. The summed E-state index contributed by atoms with van der Waals surface area (Å²) in [6.45, 7) is 3.75. The maximum absolute atomic E-state index is 9.80. The lowest BCUT2D eigenvalue weighted by atomic mass is 9.89. The van der Waals surface area contributed by atoms with Crippen LogP contribution in [0.1, 0.15) is 30.9 Å².